The number of aromatic amines is 2. The molecule has 0 atom stereocenters. The molecular formula is C14H12N4O2. The monoisotopic (exact) mass is 268 g/mol. The largest absolute Gasteiger partial charge is 0.323 e. The number of nitrogens with zero attached hydrogens (tertiary/aromatic N) is 2. The first-order chi connectivity index (χ1) is 9.66. The lowest BCUT2D eigenvalue weighted by molar-refractivity contribution is 0.103. The van der Waals surface area contributed by atoms with Gasteiger partial charge in [-0.2, -0.15) is 0 Å². The number of aryl methyl sites for hydroxylation is 1. The second-order valence-electron chi connectivity index (χ2n) is 4.40. The Bertz CT molecular complexity index is 812. The zero-order valence-electron chi connectivity index (χ0n) is 10.8. The topological polar surface area (TPSA) is 83.5 Å². The van der Waals surface area contributed by atoms with E-state index in [1.807, 2.05) is 12.1 Å². The Hall–Kier alpha value is -2.89. The van der Waals surface area contributed by atoms with Gasteiger partial charge in [0.05, 0.1) is 12.0 Å². The maximum absolute atomic E-state index is 12.6. The van der Waals surface area contributed by atoms with Crippen LogP contribution >= 0.6 is 0 Å². The zero-order chi connectivity index (χ0) is 14.1. The van der Waals surface area contributed by atoms with Crippen LogP contribution in [0.1, 0.15) is 21.7 Å². The number of imidazole rings is 2. The van der Waals surface area contributed by atoms with Crippen molar-refractivity contribution in [1.29, 1.82) is 0 Å². The number of para-hydroxylation sites is 1. The van der Waals surface area contributed by atoms with E-state index in [2.05, 4.69) is 15.0 Å². The molecule has 2 aromatic heterocycles. The Morgan fingerprint density at radius 1 is 1.25 bits per heavy atom. The van der Waals surface area contributed by atoms with E-state index in [0.29, 0.717) is 11.3 Å². The van der Waals surface area contributed by atoms with E-state index in [1.54, 1.807) is 42.3 Å². The molecule has 2 heterocycles. The number of hydrogen-bond donors (Lipinski definition) is 2. The summed E-state index contributed by atoms with van der Waals surface area (Å²) in [6.45, 7) is 1.69. The summed E-state index contributed by atoms with van der Waals surface area (Å²) < 4.78 is 1.76. The minimum Gasteiger partial charge on any atom is -0.310 e. The molecule has 3 aromatic rings. The molecule has 0 bridgehead atoms. The van der Waals surface area contributed by atoms with Crippen LogP contribution in [-0.2, 0) is 0 Å². The Morgan fingerprint density at radius 2 is 2.05 bits per heavy atom. The second-order valence-corrected chi connectivity index (χ2v) is 4.40. The molecule has 0 spiro atoms. The molecule has 1 aromatic carbocycles. The second kappa shape index (κ2) is 4.65. The molecule has 0 aliphatic carbocycles. The molecule has 0 aliphatic rings. The Kier molecular flexibility index (Phi) is 2.83. The molecule has 6 nitrogen and oxygen atoms in total. The van der Waals surface area contributed by atoms with Crippen molar-refractivity contribution in [1.82, 2.24) is 19.5 Å². The molecule has 0 radical (unpaired) electrons. The average Bonchev–Trinajstić information content (AvgIpc) is 3.07. The molecule has 0 saturated carbocycles. The Morgan fingerprint density at radius 3 is 2.70 bits per heavy atom. The quantitative estimate of drug-likeness (QED) is 0.705. The number of ketones is 1. The molecule has 100 valence electrons. The maximum Gasteiger partial charge on any atom is 0.323 e. The average molecular weight is 268 g/mol. The highest BCUT2D eigenvalue weighted by atomic mass is 16.1. The van der Waals surface area contributed by atoms with Gasteiger partial charge in [0.15, 0.2) is 0 Å². The fraction of sp³-hybridized carbons (Fsp3) is 0.0714. The van der Waals surface area contributed by atoms with E-state index >= 15 is 0 Å². The minimum atomic E-state index is -0.383. The Balaban J connectivity index is 2.14. The summed E-state index contributed by atoms with van der Waals surface area (Å²) in [5, 5.41) is 0. The number of benzene rings is 1. The number of H-pyrrole nitrogens is 2. The van der Waals surface area contributed by atoms with Crippen LogP contribution < -0.4 is 5.69 Å². The lowest BCUT2D eigenvalue weighted by Gasteiger charge is -2.08. The van der Waals surface area contributed by atoms with Gasteiger partial charge in [-0.25, -0.2) is 9.78 Å². The van der Waals surface area contributed by atoms with E-state index in [4.69, 9.17) is 0 Å². The number of rotatable bonds is 3. The van der Waals surface area contributed by atoms with E-state index in [0.717, 1.165) is 5.69 Å². The predicted molar refractivity (Wildman–Crippen MR) is 73.1 cm³/mol. The standard InChI is InChI=1S/C14H12N4O2/c1-9-12(17-14(20)16-9)13(19)10-4-2-3-5-11(10)18-7-6-15-8-18/h2-8H,1H3,(H2,16,17,20). The Labute approximate surface area is 114 Å². The van der Waals surface area contributed by atoms with E-state index in [-0.39, 0.29) is 17.2 Å². The summed E-state index contributed by atoms with van der Waals surface area (Å²) >= 11 is 0. The fourth-order valence-corrected chi connectivity index (χ4v) is 2.13. The third-order valence-electron chi connectivity index (χ3n) is 3.07. The van der Waals surface area contributed by atoms with Crippen LogP contribution in [-0.4, -0.2) is 25.3 Å². The van der Waals surface area contributed by atoms with Crippen molar-refractivity contribution in [3.8, 4) is 5.69 Å². The van der Waals surface area contributed by atoms with Gasteiger partial charge in [0.1, 0.15) is 5.69 Å². The number of hydrogen-bond acceptors (Lipinski definition) is 3. The van der Waals surface area contributed by atoms with Gasteiger partial charge in [-0.05, 0) is 19.1 Å². The number of aromatic nitrogens is 4. The summed E-state index contributed by atoms with van der Waals surface area (Å²) in [4.78, 5) is 32.9. The van der Waals surface area contributed by atoms with Crippen LogP contribution in [0.4, 0.5) is 0 Å². The van der Waals surface area contributed by atoms with Crippen LogP contribution in [0.25, 0.3) is 5.69 Å². The van der Waals surface area contributed by atoms with E-state index < -0.39 is 0 Å². The molecule has 2 N–H and O–H groups in total. The van der Waals surface area contributed by atoms with Crippen molar-refractivity contribution in [3.05, 3.63) is 70.4 Å². The molecule has 6 heteroatoms. The minimum absolute atomic E-state index is 0.231. The van der Waals surface area contributed by atoms with Gasteiger partial charge in [-0.3, -0.25) is 4.79 Å². The molecule has 0 amide bonds. The SMILES string of the molecule is Cc1[nH]c(=O)[nH]c1C(=O)c1ccccc1-n1ccnc1. The van der Waals surface area contributed by atoms with Gasteiger partial charge in [0.2, 0.25) is 5.78 Å². The van der Waals surface area contributed by atoms with Gasteiger partial charge in [0, 0.05) is 23.7 Å². The third-order valence-corrected chi connectivity index (χ3v) is 3.07. The molecule has 20 heavy (non-hydrogen) atoms. The number of carbonyl (C=O) groups excluding carboxylic acids is 1. The third kappa shape index (κ3) is 1.97. The predicted octanol–water partition coefficient (Wildman–Crippen LogP) is 1.43. The number of carbonyl (C=O) groups is 1. The summed E-state index contributed by atoms with van der Waals surface area (Å²) in [6, 6.07) is 7.18. The van der Waals surface area contributed by atoms with Crippen LogP contribution in [0.2, 0.25) is 0 Å². The van der Waals surface area contributed by atoms with Gasteiger partial charge in [-0.15, -0.1) is 0 Å². The number of nitrogens with one attached hydrogen (secondary N) is 2. The van der Waals surface area contributed by atoms with Crippen molar-refractivity contribution < 1.29 is 4.79 Å². The molecule has 0 aliphatic heterocycles. The molecule has 0 unspecified atom stereocenters. The first-order valence-corrected chi connectivity index (χ1v) is 6.08. The maximum atomic E-state index is 12.6. The van der Waals surface area contributed by atoms with Crippen molar-refractivity contribution in [2.24, 2.45) is 0 Å². The summed E-state index contributed by atoms with van der Waals surface area (Å²) in [6.07, 6.45) is 5.03. The van der Waals surface area contributed by atoms with Crippen molar-refractivity contribution in [3.63, 3.8) is 0 Å². The van der Waals surface area contributed by atoms with Crippen molar-refractivity contribution >= 4 is 5.78 Å². The molecular weight excluding hydrogens is 256 g/mol. The van der Waals surface area contributed by atoms with Crippen molar-refractivity contribution in [2.45, 2.75) is 6.92 Å². The van der Waals surface area contributed by atoms with Crippen LogP contribution in [0.3, 0.4) is 0 Å². The normalized spacial score (nSPS) is 10.7. The molecule has 0 fully saturated rings. The van der Waals surface area contributed by atoms with Gasteiger partial charge in [-0.1, -0.05) is 12.1 Å². The summed E-state index contributed by atoms with van der Waals surface area (Å²) in [5.74, 6) is -0.231. The molecule has 3 rings (SSSR count). The summed E-state index contributed by atoms with van der Waals surface area (Å²) in [5.41, 5.74) is 1.65. The van der Waals surface area contributed by atoms with E-state index in [9.17, 15) is 9.59 Å². The first-order valence-electron chi connectivity index (χ1n) is 6.08. The smallest absolute Gasteiger partial charge is 0.310 e. The summed E-state index contributed by atoms with van der Waals surface area (Å²) in [7, 11) is 0. The van der Waals surface area contributed by atoms with Gasteiger partial charge >= 0.3 is 5.69 Å². The van der Waals surface area contributed by atoms with Crippen LogP contribution in [0, 0.1) is 6.92 Å². The highest BCUT2D eigenvalue weighted by molar-refractivity contribution is 6.10. The van der Waals surface area contributed by atoms with Crippen LogP contribution in [0.5, 0.6) is 0 Å². The highest BCUT2D eigenvalue weighted by Gasteiger charge is 2.18. The van der Waals surface area contributed by atoms with Gasteiger partial charge < -0.3 is 14.5 Å². The lowest BCUT2D eigenvalue weighted by Crippen LogP contribution is -2.10. The van der Waals surface area contributed by atoms with Crippen molar-refractivity contribution in [2.75, 3.05) is 0 Å². The van der Waals surface area contributed by atoms with Crippen LogP contribution in [0.15, 0.2) is 47.8 Å². The fourth-order valence-electron chi connectivity index (χ4n) is 2.13. The van der Waals surface area contributed by atoms with E-state index in [1.165, 1.54) is 0 Å². The molecule has 0 saturated heterocycles. The first kappa shape index (κ1) is 12.2. The zero-order valence-corrected chi connectivity index (χ0v) is 10.8. The highest BCUT2D eigenvalue weighted by Crippen LogP contribution is 2.18. The van der Waals surface area contributed by atoms with Gasteiger partial charge in [0.25, 0.3) is 0 Å². The lowest BCUT2D eigenvalue weighted by atomic mass is 10.0.